The molecule has 0 radical (unpaired) electrons. The summed E-state index contributed by atoms with van der Waals surface area (Å²) >= 11 is 0. The van der Waals surface area contributed by atoms with Crippen LogP contribution in [0.15, 0.2) is 40.3 Å². The summed E-state index contributed by atoms with van der Waals surface area (Å²) in [7, 11) is 1.23. The minimum Gasteiger partial charge on any atom is -0.466 e. The molecule has 0 fully saturated rings. The van der Waals surface area contributed by atoms with Crippen LogP contribution in [0.4, 0.5) is 11.5 Å². The number of ether oxygens (including phenoxy) is 1. The summed E-state index contributed by atoms with van der Waals surface area (Å²) in [6, 6.07) is 2.69. The Bertz CT molecular complexity index is 524. The standard InChI is InChI=1S/C10H10N4O4/c1-7(6-9(15)18-2)12-13-10-8(14(16)17)4-3-5-11-10/h3-6H,1-2H3/b7-6+,13-12?. The molecular weight excluding hydrogens is 240 g/mol. The summed E-state index contributed by atoms with van der Waals surface area (Å²) in [5, 5.41) is 17.9. The SMILES string of the molecule is COC(=O)/C=C(\C)N=Nc1ncccc1[N+](=O)[O-]. The van der Waals surface area contributed by atoms with E-state index in [0.717, 1.165) is 6.08 Å². The fourth-order valence-electron chi connectivity index (χ4n) is 0.993. The number of carbonyl (C=O) groups is 1. The summed E-state index contributed by atoms with van der Waals surface area (Å²) in [6.07, 6.45) is 2.47. The van der Waals surface area contributed by atoms with E-state index in [-0.39, 0.29) is 17.2 Å². The first-order valence-electron chi connectivity index (χ1n) is 4.82. The number of azo groups is 1. The van der Waals surface area contributed by atoms with Gasteiger partial charge in [-0.15, -0.1) is 5.11 Å². The number of carbonyl (C=O) groups excluding carboxylic acids is 1. The summed E-state index contributed by atoms with van der Waals surface area (Å²) < 4.78 is 4.39. The van der Waals surface area contributed by atoms with E-state index in [1.54, 1.807) is 0 Å². The molecule has 1 heterocycles. The number of aromatic nitrogens is 1. The van der Waals surface area contributed by atoms with Gasteiger partial charge < -0.3 is 4.74 Å². The minimum absolute atomic E-state index is 0.125. The Labute approximate surface area is 102 Å². The van der Waals surface area contributed by atoms with Gasteiger partial charge in [0, 0.05) is 18.3 Å². The van der Waals surface area contributed by atoms with Gasteiger partial charge in [-0.25, -0.2) is 9.78 Å². The molecule has 18 heavy (non-hydrogen) atoms. The molecule has 0 N–H and O–H groups in total. The molecule has 0 amide bonds. The van der Waals surface area contributed by atoms with Crippen LogP contribution in [0.5, 0.6) is 0 Å². The number of rotatable bonds is 4. The normalized spacial score (nSPS) is 11.6. The molecule has 0 aromatic carbocycles. The first kappa shape index (κ1) is 13.4. The Balaban J connectivity index is 2.94. The maximum atomic E-state index is 10.9. The lowest BCUT2D eigenvalue weighted by Crippen LogP contribution is -1.94. The van der Waals surface area contributed by atoms with Crippen LogP contribution in [0.1, 0.15) is 6.92 Å². The van der Waals surface area contributed by atoms with Crippen molar-refractivity contribution in [1.82, 2.24) is 4.98 Å². The molecule has 8 heteroatoms. The van der Waals surface area contributed by atoms with E-state index in [1.165, 1.54) is 32.4 Å². The van der Waals surface area contributed by atoms with E-state index in [9.17, 15) is 14.9 Å². The predicted octanol–water partition coefficient (Wildman–Crippen LogP) is 2.15. The van der Waals surface area contributed by atoms with Crippen molar-refractivity contribution in [2.24, 2.45) is 10.2 Å². The van der Waals surface area contributed by atoms with Crippen LogP contribution in [-0.2, 0) is 9.53 Å². The average molecular weight is 250 g/mol. The van der Waals surface area contributed by atoms with Crippen LogP contribution in [0.2, 0.25) is 0 Å². The topological polar surface area (TPSA) is 107 Å². The summed E-state index contributed by atoms with van der Waals surface area (Å²) in [6.45, 7) is 1.51. The molecule has 0 atom stereocenters. The van der Waals surface area contributed by atoms with Crippen molar-refractivity contribution in [3.05, 3.63) is 40.2 Å². The monoisotopic (exact) mass is 250 g/mol. The number of hydrogen-bond donors (Lipinski definition) is 0. The molecule has 0 saturated carbocycles. The number of nitro groups is 1. The lowest BCUT2D eigenvalue weighted by atomic mass is 10.4. The second kappa shape index (κ2) is 6.18. The van der Waals surface area contributed by atoms with Crippen LogP contribution >= 0.6 is 0 Å². The van der Waals surface area contributed by atoms with Crippen molar-refractivity contribution in [1.29, 1.82) is 0 Å². The van der Waals surface area contributed by atoms with Gasteiger partial charge in [0.15, 0.2) is 0 Å². The third-order valence-corrected chi connectivity index (χ3v) is 1.79. The highest BCUT2D eigenvalue weighted by Gasteiger charge is 2.13. The first-order chi connectivity index (χ1) is 8.54. The first-order valence-corrected chi connectivity index (χ1v) is 4.82. The Hall–Kier alpha value is -2.64. The summed E-state index contributed by atoms with van der Waals surface area (Å²) in [5.74, 6) is -0.706. The third kappa shape index (κ3) is 3.74. The van der Waals surface area contributed by atoms with E-state index in [1.807, 2.05) is 0 Å². The molecule has 0 bridgehead atoms. The molecule has 0 unspecified atom stereocenters. The van der Waals surface area contributed by atoms with Crippen LogP contribution < -0.4 is 0 Å². The van der Waals surface area contributed by atoms with Crippen LogP contribution in [-0.4, -0.2) is 23.0 Å². The lowest BCUT2D eigenvalue weighted by Gasteiger charge is -1.94. The third-order valence-electron chi connectivity index (χ3n) is 1.79. The van der Waals surface area contributed by atoms with E-state index >= 15 is 0 Å². The predicted molar refractivity (Wildman–Crippen MR) is 61.2 cm³/mol. The van der Waals surface area contributed by atoms with Gasteiger partial charge in [0.2, 0.25) is 0 Å². The van der Waals surface area contributed by atoms with Crippen LogP contribution in [0.25, 0.3) is 0 Å². The zero-order valence-corrected chi connectivity index (χ0v) is 9.73. The van der Waals surface area contributed by atoms with Gasteiger partial charge in [-0.05, 0) is 13.0 Å². The number of hydrogen-bond acceptors (Lipinski definition) is 7. The highest BCUT2D eigenvalue weighted by atomic mass is 16.6. The molecule has 94 valence electrons. The van der Waals surface area contributed by atoms with E-state index in [2.05, 4.69) is 19.9 Å². The summed E-state index contributed by atoms with van der Waals surface area (Å²) in [5.41, 5.74) is -0.00563. The van der Waals surface area contributed by atoms with Crippen molar-refractivity contribution in [3.8, 4) is 0 Å². The number of pyridine rings is 1. The Morgan fingerprint density at radius 3 is 2.94 bits per heavy atom. The number of esters is 1. The highest BCUT2D eigenvalue weighted by molar-refractivity contribution is 5.82. The van der Waals surface area contributed by atoms with Crippen molar-refractivity contribution in [3.63, 3.8) is 0 Å². The van der Waals surface area contributed by atoms with E-state index in [0.29, 0.717) is 0 Å². The van der Waals surface area contributed by atoms with Crippen molar-refractivity contribution in [2.75, 3.05) is 7.11 Å². The molecule has 8 nitrogen and oxygen atoms in total. The Morgan fingerprint density at radius 2 is 2.33 bits per heavy atom. The quantitative estimate of drug-likeness (QED) is 0.267. The van der Waals surface area contributed by atoms with Gasteiger partial charge in [0.05, 0.1) is 17.7 Å². The fraction of sp³-hybridized carbons (Fsp3) is 0.200. The van der Waals surface area contributed by atoms with Gasteiger partial charge in [0.25, 0.3) is 5.82 Å². The molecule has 0 aliphatic carbocycles. The summed E-state index contributed by atoms with van der Waals surface area (Å²) in [4.78, 5) is 24.7. The van der Waals surface area contributed by atoms with E-state index < -0.39 is 10.9 Å². The largest absolute Gasteiger partial charge is 0.466 e. The molecule has 0 aliphatic heterocycles. The van der Waals surface area contributed by atoms with Gasteiger partial charge in [-0.2, -0.15) is 5.11 Å². The van der Waals surface area contributed by atoms with Gasteiger partial charge in [-0.3, -0.25) is 10.1 Å². The fourth-order valence-corrected chi connectivity index (χ4v) is 0.993. The van der Waals surface area contributed by atoms with Crippen molar-refractivity contribution in [2.45, 2.75) is 6.92 Å². The minimum atomic E-state index is -0.610. The van der Waals surface area contributed by atoms with Gasteiger partial charge in [0.1, 0.15) is 0 Å². The molecule has 1 aromatic heterocycles. The zero-order chi connectivity index (χ0) is 13.5. The smallest absolute Gasteiger partial charge is 0.332 e. The second-order valence-electron chi connectivity index (χ2n) is 3.11. The van der Waals surface area contributed by atoms with Crippen LogP contribution in [0, 0.1) is 10.1 Å². The number of methoxy groups -OCH3 is 1. The maximum Gasteiger partial charge on any atom is 0.332 e. The molecule has 1 aromatic rings. The van der Waals surface area contributed by atoms with Crippen molar-refractivity contribution < 1.29 is 14.5 Å². The molecule has 0 aliphatic rings. The molecular formula is C10H10N4O4. The Morgan fingerprint density at radius 1 is 1.61 bits per heavy atom. The number of allylic oxidation sites excluding steroid dienone is 1. The van der Waals surface area contributed by atoms with Crippen LogP contribution in [0.3, 0.4) is 0 Å². The van der Waals surface area contributed by atoms with E-state index in [4.69, 9.17) is 0 Å². The molecule has 0 saturated heterocycles. The number of nitrogens with zero attached hydrogens (tertiary/aromatic N) is 4. The van der Waals surface area contributed by atoms with Crippen molar-refractivity contribution >= 4 is 17.5 Å². The average Bonchev–Trinajstić information content (AvgIpc) is 2.36. The zero-order valence-electron chi connectivity index (χ0n) is 9.73. The molecule has 0 spiro atoms. The highest BCUT2D eigenvalue weighted by Crippen LogP contribution is 2.24. The maximum absolute atomic E-state index is 10.9. The Kier molecular flexibility index (Phi) is 4.61. The lowest BCUT2D eigenvalue weighted by molar-refractivity contribution is -0.384. The second-order valence-corrected chi connectivity index (χ2v) is 3.11. The van der Waals surface area contributed by atoms with Gasteiger partial charge in [-0.1, -0.05) is 0 Å². The van der Waals surface area contributed by atoms with Gasteiger partial charge >= 0.3 is 11.7 Å². The molecule has 1 rings (SSSR count).